The maximum Gasteiger partial charge on any atom is 0.283 e. The van der Waals surface area contributed by atoms with Crippen molar-refractivity contribution in [2.24, 2.45) is 11.8 Å². The van der Waals surface area contributed by atoms with Crippen LogP contribution in [-0.4, -0.2) is 29.1 Å². The minimum Gasteiger partial charge on any atom is -0.195 e. The van der Waals surface area contributed by atoms with E-state index in [0.29, 0.717) is 24.9 Å². The summed E-state index contributed by atoms with van der Waals surface area (Å²) in [6.45, 7) is 9.37. The summed E-state index contributed by atoms with van der Waals surface area (Å²) < 4.78 is 31.7. The highest BCUT2D eigenvalue weighted by Gasteiger charge is 2.40. The number of benzene rings is 2. The van der Waals surface area contributed by atoms with E-state index in [-0.39, 0.29) is 12.1 Å². The number of nitrogens with zero attached hydrogens (tertiary/aromatic N) is 2. The molecule has 0 fully saturated rings. The summed E-state index contributed by atoms with van der Waals surface area (Å²) >= 11 is 0. The Morgan fingerprint density at radius 1 is 0.677 bits per heavy atom. The third-order valence-electron chi connectivity index (χ3n) is 5.68. The molecule has 0 saturated heterocycles. The maximum absolute atomic E-state index is 14.1. The Bertz CT molecular complexity index is 868. The summed E-state index contributed by atoms with van der Waals surface area (Å²) in [5, 5.41) is 0. The van der Waals surface area contributed by atoms with Gasteiger partial charge in [-0.25, -0.2) is 0 Å². The molecule has 0 N–H and O–H groups in total. The van der Waals surface area contributed by atoms with Gasteiger partial charge in [0.15, 0.2) is 0 Å². The zero-order valence-electron chi connectivity index (χ0n) is 19.2. The number of hydrogen-bond donors (Lipinski definition) is 0. The molecule has 1 aliphatic rings. The summed E-state index contributed by atoms with van der Waals surface area (Å²) in [4.78, 5) is 0. The van der Waals surface area contributed by atoms with Gasteiger partial charge in [0, 0.05) is 25.2 Å². The van der Waals surface area contributed by atoms with Crippen LogP contribution in [0.1, 0.15) is 51.7 Å². The normalized spacial score (nSPS) is 22.1. The second kappa shape index (κ2) is 10.6. The predicted octanol–water partition coefficient (Wildman–Crippen LogP) is 5.63. The molecule has 31 heavy (non-hydrogen) atoms. The van der Waals surface area contributed by atoms with E-state index in [0.717, 1.165) is 24.0 Å². The van der Waals surface area contributed by atoms with Gasteiger partial charge in [0.1, 0.15) is 0 Å². The minimum absolute atomic E-state index is 0.152. The van der Waals surface area contributed by atoms with Crippen molar-refractivity contribution in [3.63, 3.8) is 0 Å². The third-order valence-corrected chi connectivity index (χ3v) is 7.66. The molecule has 0 bridgehead atoms. The maximum atomic E-state index is 14.1. The van der Waals surface area contributed by atoms with Crippen LogP contribution in [0.25, 0.3) is 0 Å². The fourth-order valence-electron chi connectivity index (χ4n) is 4.21. The second-order valence-corrected chi connectivity index (χ2v) is 11.2. The molecule has 2 aromatic carbocycles. The quantitative estimate of drug-likeness (QED) is 0.499. The molecule has 0 spiro atoms. The van der Waals surface area contributed by atoms with Crippen molar-refractivity contribution >= 4 is 10.2 Å². The van der Waals surface area contributed by atoms with E-state index in [1.165, 1.54) is 0 Å². The van der Waals surface area contributed by atoms with Crippen LogP contribution >= 0.6 is 0 Å². The fourth-order valence-corrected chi connectivity index (χ4v) is 6.10. The molecule has 0 unspecified atom stereocenters. The van der Waals surface area contributed by atoms with Crippen LogP contribution in [0, 0.1) is 11.8 Å². The van der Waals surface area contributed by atoms with Crippen LogP contribution in [0.5, 0.6) is 0 Å². The first-order valence-electron chi connectivity index (χ1n) is 11.3. The summed E-state index contributed by atoms with van der Waals surface area (Å²) in [6, 6.07) is 19.5. The largest absolute Gasteiger partial charge is 0.283 e. The molecule has 0 radical (unpaired) electrons. The lowest BCUT2D eigenvalue weighted by molar-refractivity contribution is 0.264. The minimum atomic E-state index is -3.68. The summed E-state index contributed by atoms with van der Waals surface area (Å²) in [7, 11) is -3.68. The molecule has 0 amide bonds. The molecule has 0 saturated carbocycles. The second-order valence-electron chi connectivity index (χ2n) is 9.35. The predicted molar refractivity (Wildman–Crippen MR) is 129 cm³/mol. The first-order valence-corrected chi connectivity index (χ1v) is 12.7. The SMILES string of the molecule is CC(C)C[C@H]1C=C[C@@H](CC(C)C)N(Cc2ccccc2)S(=O)(=O)N1Cc1ccccc1. The lowest BCUT2D eigenvalue weighted by Crippen LogP contribution is -2.49. The molecule has 2 atom stereocenters. The molecular formula is C26H36N2O2S. The van der Waals surface area contributed by atoms with Crippen LogP contribution < -0.4 is 0 Å². The van der Waals surface area contributed by atoms with Crippen molar-refractivity contribution in [1.29, 1.82) is 0 Å². The van der Waals surface area contributed by atoms with Crippen molar-refractivity contribution < 1.29 is 8.42 Å². The molecule has 0 aromatic heterocycles. The molecule has 4 nitrogen and oxygen atoms in total. The van der Waals surface area contributed by atoms with Gasteiger partial charge in [0.05, 0.1) is 0 Å². The summed E-state index contributed by atoms with van der Waals surface area (Å²) in [6.07, 6.45) is 5.88. The van der Waals surface area contributed by atoms with E-state index >= 15 is 0 Å². The van der Waals surface area contributed by atoms with Crippen LogP contribution in [0.15, 0.2) is 72.8 Å². The van der Waals surface area contributed by atoms with Gasteiger partial charge in [0.25, 0.3) is 10.2 Å². The Morgan fingerprint density at radius 2 is 1.03 bits per heavy atom. The Balaban J connectivity index is 2.04. The van der Waals surface area contributed by atoms with E-state index in [1.807, 2.05) is 60.7 Å². The van der Waals surface area contributed by atoms with Gasteiger partial charge >= 0.3 is 0 Å². The van der Waals surface area contributed by atoms with Gasteiger partial charge < -0.3 is 0 Å². The van der Waals surface area contributed by atoms with Gasteiger partial charge in [-0.1, -0.05) is 101 Å². The smallest absolute Gasteiger partial charge is 0.195 e. The van der Waals surface area contributed by atoms with Crippen LogP contribution in [0.2, 0.25) is 0 Å². The van der Waals surface area contributed by atoms with Gasteiger partial charge in [0.2, 0.25) is 0 Å². The van der Waals surface area contributed by atoms with Crippen molar-refractivity contribution in [2.75, 3.05) is 0 Å². The van der Waals surface area contributed by atoms with Crippen molar-refractivity contribution in [1.82, 2.24) is 8.61 Å². The highest BCUT2D eigenvalue weighted by molar-refractivity contribution is 7.86. The van der Waals surface area contributed by atoms with E-state index < -0.39 is 10.2 Å². The lowest BCUT2D eigenvalue weighted by atomic mass is 9.99. The molecule has 2 aromatic rings. The number of hydrogen-bond acceptors (Lipinski definition) is 2. The summed E-state index contributed by atoms with van der Waals surface area (Å²) in [5.74, 6) is 0.791. The first kappa shape index (κ1) is 23.7. The standard InChI is InChI=1S/C26H36N2O2S/c1-21(2)17-25-15-16-26(18-22(3)4)28(20-24-13-9-6-10-14-24)31(29,30)27(25)19-23-11-7-5-8-12-23/h5-16,21-22,25-26H,17-20H2,1-4H3/t25-,26+. The first-order chi connectivity index (χ1) is 14.8. The van der Waals surface area contributed by atoms with Gasteiger partial charge in [-0.2, -0.15) is 17.0 Å². The van der Waals surface area contributed by atoms with E-state index in [4.69, 9.17) is 0 Å². The van der Waals surface area contributed by atoms with Gasteiger partial charge in [-0.15, -0.1) is 0 Å². The highest BCUT2D eigenvalue weighted by atomic mass is 32.2. The van der Waals surface area contributed by atoms with Crippen molar-refractivity contribution in [2.45, 2.75) is 65.7 Å². The molecule has 0 aliphatic carbocycles. The molecule has 1 heterocycles. The molecule has 1 aliphatic heterocycles. The van der Waals surface area contributed by atoms with Crippen LogP contribution in [-0.2, 0) is 23.3 Å². The van der Waals surface area contributed by atoms with Gasteiger partial charge in [-0.05, 0) is 35.8 Å². The zero-order valence-corrected chi connectivity index (χ0v) is 20.0. The van der Waals surface area contributed by atoms with E-state index in [1.54, 1.807) is 8.61 Å². The Morgan fingerprint density at radius 3 is 1.35 bits per heavy atom. The monoisotopic (exact) mass is 440 g/mol. The van der Waals surface area contributed by atoms with E-state index in [2.05, 4.69) is 39.8 Å². The topological polar surface area (TPSA) is 40.6 Å². The van der Waals surface area contributed by atoms with Crippen molar-refractivity contribution in [3.8, 4) is 0 Å². The average Bonchev–Trinajstić information content (AvgIpc) is 2.80. The number of rotatable bonds is 8. The zero-order chi connectivity index (χ0) is 22.4. The lowest BCUT2D eigenvalue weighted by Gasteiger charge is -2.35. The highest BCUT2D eigenvalue weighted by Crippen LogP contribution is 2.30. The Labute approximate surface area is 188 Å². The van der Waals surface area contributed by atoms with E-state index in [9.17, 15) is 8.42 Å². The van der Waals surface area contributed by atoms with Crippen molar-refractivity contribution in [3.05, 3.63) is 83.9 Å². The van der Waals surface area contributed by atoms with Crippen LogP contribution in [0.4, 0.5) is 0 Å². The molecule has 168 valence electrons. The molecule has 5 heteroatoms. The summed E-state index contributed by atoms with van der Waals surface area (Å²) in [5.41, 5.74) is 2.02. The van der Waals surface area contributed by atoms with Crippen LogP contribution in [0.3, 0.4) is 0 Å². The van der Waals surface area contributed by atoms with Gasteiger partial charge in [-0.3, -0.25) is 0 Å². The fraction of sp³-hybridized carbons (Fsp3) is 0.462. The Kier molecular flexibility index (Phi) is 8.09. The third kappa shape index (κ3) is 6.28. The molecular weight excluding hydrogens is 404 g/mol. The average molecular weight is 441 g/mol. The molecule has 3 rings (SSSR count). The Hall–Kier alpha value is -1.95.